The summed E-state index contributed by atoms with van der Waals surface area (Å²) in [6.45, 7) is 16.0. The molecule has 1 N–H and O–H groups in total. The van der Waals surface area contributed by atoms with Gasteiger partial charge < -0.3 is 5.32 Å². The van der Waals surface area contributed by atoms with Crippen molar-refractivity contribution in [3.8, 4) is 0 Å². The first kappa shape index (κ1) is 17.0. The molecule has 0 saturated carbocycles. The molecule has 1 aromatic carbocycles. The molecule has 19 heavy (non-hydrogen) atoms. The van der Waals surface area contributed by atoms with Gasteiger partial charge in [0, 0.05) is 14.6 Å². The van der Waals surface area contributed by atoms with E-state index in [2.05, 4.69) is 101 Å². The summed E-state index contributed by atoms with van der Waals surface area (Å²) in [4.78, 5) is 0. The Morgan fingerprint density at radius 1 is 0.895 bits per heavy atom. The van der Waals surface area contributed by atoms with Crippen LogP contribution in [-0.2, 0) is 5.41 Å². The monoisotopic (exact) mass is 373 g/mol. The van der Waals surface area contributed by atoms with E-state index in [1.54, 1.807) is 0 Å². The van der Waals surface area contributed by atoms with Crippen molar-refractivity contribution in [2.75, 3.05) is 0 Å². The second kappa shape index (κ2) is 5.72. The molecule has 0 saturated heterocycles. The average molecular weight is 373 g/mol. The fourth-order valence-corrected chi connectivity index (χ4v) is 3.53. The molecule has 0 atom stereocenters. The van der Waals surface area contributed by atoms with Crippen LogP contribution in [0.25, 0.3) is 0 Å². The molecule has 0 fully saturated rings. The van der Waals surface area contributed by atoms with E-state index in [1.807, 2.05) is 0 Å². The Hall–Kier alpha value is -0.0900. The first-order valence-corrected chi connectivity index (χ1v) is 8.05. The summed E-state index contributed by atoms with van der Waals surface area (Å²) in [6, 6.07) is 8.91. The summed E-state index contributed by atoms with van der Waals surface area (Å²) in [7, 11) is 0. The molecule has 0 bridgehead atoms. The molecule has 0 spiro atoms. The molecule has 0 aliphatic carbocycles. The van der Waals surface area contributed by atoms with E-state index >= 15 is 0 Å². The lowest BCUT2D eigenvalue weighted by Gasteiger charge is -2.40. The third-order valence-electron chi connectivity index (χ3n) is 3.22. The van der Waals surface area contributed by atoms with E-state index in [1.165, 1.54) is 9.13 Å². The molecule has 0 heterocycles. The lowest BCUT2D eigenvalue weighted by atomic mass is 9.74. The van der Waals surface area contributed by atoms with Gasteiger partial charge in [-0.25, -0.2) is 0 Å². The highest BCUT2D eigenvalue weighted by Gasteiger charge is 2.32. The highest BCUT2D eigenvalue weighted by atomic mass is 127. The fourth-order valence-electron chi connectivity index (χ4n) is 3.17. The van der Waals surface area contributed by atoms with E-state index in [0.717, 1.165) is 6.42 Å². The van der Waals surface area contributed by atoms with Gasteiger partial charge in [0.2, 0.25) is 0 Å². The number of rotatable bonds is 4. The standard InChI is InChI=1S/C17H28IN/c1-15(2,3)19-17(6,7)12-16(4,5)13-8-10-14(18)11-9-13/h8-11,19H,12H2,1-7H3. The number of hydrogen-bond donors (Lipinski definition) is 1. The van der Waals surface area contributed by atoms with Gasteiger partial charge in [-0.05, 0) is 86.7 Å². The highest BCUT2D eigenvalue weighted by molar-refractivity contribution is 14.1. The second-order valence-corrected chi connectivity index (χ2v) is 9.07. The van der Waals surface area contributed by atoms with Gasteiger partial charge in [-0.3, -0.25) is 0 Å². The van der Waals surface area contributed by atoms with Crippen LogP contribution >= 0.6 is 22.6 Å². The van der Waals surface area contributed by atoms with E-state index in [-0.39, 0.29) is 16.5 Å². The smallest absolute Gasteiger partial charge is 0.0138 e. The SMILES string of the molecule is CC(C)(C)NC(C)(C)CC(C)(C)c1ccc(I)cc1. The highest BCUT2D eigenvalue weighted by Crippen LogP contribution is 2.33. The molecule has 0 aromatic heterocycles. The molecule has 1 aromatic rings. The van der Waals surface area contributed by atoms with E-state index < -0.39 is 0 Å². The van der Waals surface area contributed by atoms with Crippen LogP contribution in [0.4, 0.5) is 0 Å². The van der Waals surface area contributed by atoms with Gasteiger partial charge in [0.25, 0.3) is 0 Å². The topological polar surface area (TPSA) is 12.0 Å². The first-order chi connectivity index (χ1) is 8.41. The van der Waals surface area contributed by atoms with Gasteiger partial charge in [0.05, 0.1) is 0 Å². The van der Waals surface area contributed by atoms with Gasteiger partial charge in [-0.15, -0.1) is 0 Å². The third kappa shape index (κ3) is 5.82. The zero-order valence-corrected chi connectivity index (χ0v) is 15.6. The number of benzene rings is 1. The number of halogens is 1. The van der Waals surface area contributed by atoms with Crippen LogP contribution in [0.2, 0.25) is 0 Å². The van der Waals surface area contributed by atoms with Crippen LogP contribution in [-0.4, -0.2) is 11.1 Å². The van der Waals surface area contributed by atoms with Crippen molar-refractivity contribution in [2.45, 2.75) is 71.4 Å². The normalized spacial score (nSPS) is 13.7. The van der Waals surface area contributed by atoms with Crippen LogP contribution in [0.15, 0.2) is 24.3 Å². The number of nitrogens with one attached hydrogen (secondary N) is 1. The molecule has 1 rings (SSSR count). The minimum Gasteiger partial charge on any atom is -0.307 e. The van der Waals surface area contributed by atoms with Gasteiger partial charge in [-0.2, -0.15) is 0 Å². The molecule has 0 radical (unpaired) electrons. The van der Waals surface area contributed by atoms with Crippen molar-refractivity contribution in [2.24, 2.45) is 0 Å². The molecule has 2 heteroatoms. The van der Waals surface area contributed by atoms with E-state index in [4.69, 9.17) is 0 Å². The van der Waals surface area contributed by atoms with E-state index in [0.29, 0.717) is 0 Å². The van der Waals surface area contributed by atoms with Crippen molar-refractivity contribution < 1.29 is 0 Å². The molecule has 108 valence electrons. The summed E-state index contributed by atoms with van der Waals surface area (Å²) in [6.07, 6.45) is 1.11. The summed E-state index contributed by atoms with van der Waals surface area (Å²) < 4.78 is 1.30. The van der Waals surface area contributed by atoms with Crippen molar-refractivity contribution >= 4 is 22.6 Å². The average Bonchev–Trinajstić information content (AvgIpc) is 2.11. The Morgan fingerprint density at radius 3 is 1.79 bits per heavy atom. The lowest BCUT2D eigenvalue weighted by molar-refractivity contribution is 0.228. The Kier molecular flexibility index (Phi) is 5.11. The molecule has 1 nitrogen and oxygen atoms in total. The molecule has 0 unspecified atom stereocenters. The van der Waals surface area contributed by atoms with Gasteiger partial charge in [0.1, 0.15) is 0 Å². The molecule has 0 aliphatic rings. The Bertz CT molecular complexity index is 410. The lowest BCUT2D eigenvalue weighted by Crippen LogP contribution is -2.52. The Balaban J connectivity index is 2.86. The van der Waals surface area contributed by atoms with Crippen LogP contribution in [0.1, 0.15) is 60.5 Å². The van der Waals surface area contributed by atoms with Gasteiger partial charge >= 0.3 is 0 Å². The summed E-state index contributed by atoms with van der Waals surface area (Å²) in [5, 5.41) is 3.73. The van der Waals surface area contributed by atoms with Crippen LogP contribution in [0.5, 0.6) is 0 Å². The molecular weight excluding hydrogens is 345 g/mol. The van der Waals surface area contributed by atoms with Gasteiger partial charge in [-0.1, -0.05) is 26.0 Å². The maximum atomic E-state index is 3.73. The fraction of sp³-hybridized carbons (Fsp3) is 0.647. The second-order valence-electron chi connectivity index (χ2n) is 7.83. The number of hydrogen-bond acceptors (Lipinski definition) is 1. The van der Waals surface area contributed by atoms with Crippen molar-refractivity contribution in [1.82, 2.24) is 5.32 Å². The van der Waals surface area contributed by atoms with Crippen LogP contribution < -0.4 is 5.32 Å². The Labute approximate surface area is 132 Å². The van der Waals surface area contributed by atoms with E-state index in [9.17, 15) is 0 Å². The minimum absolute atomic E-state index is 0.116. The molecule has 0 amide bonds. The quantitative estimate of drug-likeness (QED) is 0.722. The Morgan fingerprint density at radius 2 is 1.37 bits per heavy atom. The van der Waals surface area contributed by atoms with Crippen LogP contribution in [0, 0.1) is 3.57 Å². The predicted molar refractivity (Wildman–Crippen MR) is 93.8 cm³/mol. The minimum atomic E-state index is 0.116. The summed E-state index contributed by atoms with van der Waals surface area (Å²) in [5.41, 5.74) is 1.85. The molecular formula is C17H28IN. The first-order valence-electron chi connectivity index (χ1n) is 6.97. The maximum Gasteiger partial charge on any atom is 0.0138 e. The third-order valence-corrected chi connectivity index (χ3v) is 3.94. The van der Waals surface area contributed by atoms with Crippen molar-refractivity contribution in [3.05, 3.63) is 33.4 Å². The van der Waals surface area contributed by atoms with Crippen LogP contribution in [0.3, 0.4) is 0 Å². The maximum absolute atomic E-state index is 3.73. The summed E-state index contributed by atoms with van der Waals surface area (Å²) >= 11 is 2.36. The predicted octanol–water partition coefficient (Wildman–Crippen LogP) is 5.13. The zero-order valence-electron chi connectivity index (χ0n) is 13.4. The zero-order chi connectivity index (χ0) is 14.9. The van der Waals surface area contributed by atoms with Crippen molar-refractivity contribution in [1.29, 1.82) is 0 Å². The van der Waals surface area contributed by atoms with Gasteiger partial charge in [0.15, 0.2) is 0 Å². The summed E-state index contributed by atoms with van der Waals surface area (Å²) in [5.74, 6) is 0. The van der Waals surface area contributed by atoms with Crippen molar-refractivity contribution in [3.63, 3.8) is 0 Å². The molecule has 0 aliphatic heterocycles. The largest absolute Gasteiger partial charge is 0.307 e.